The topological polar surface area (TPSA) is 26.3 Å². The molecule has 3 heteroatoms. The lowest BCUT2D eigenvalue weighted by atomic mass is 10.2. The van der Waals surface area contributed by atoms with E-state index in [2.05, 4.69) is 40.4 Å². The van der Waals surface area contributed by atoms with Crippen LogP contribution in [0.2, 0.25) is 18.1 Å². The molecule has 0 aliphatic rings. The molecule has 0 aromatic heterocycles. The van der Waals surface area contributed by atoms with Gasteiger partial charge in [-0.2, -0.15) is 0 Å². The standard InChI is InChI=1S/C11H22O2Si/c1-7-8-10(9-12)13-14(5,6)11(2,3)4/h7,9-10H,1,8H2,2-6H3. The maximum absolute atomic E-state index is 10.7. The highest BCUT2D eigenvalue weighted by Crippen LogP contribution is 2.37. The summed E-state index contributed by atoms with van der Waals surface area (Å²) in [6.45, 7) is 14.4. The van der Waals surface area contributed by atoms with Crippen molar-refractivity contribution in [2.24, 2.45) is 0 Å². The summed E-state index contributed by atoms with van der Waals surface area (Å²) in [6, 6.07) is 0. The third-order valence-electron chi connectivity index (χ3n) is 2.80. The van der Waals surface area contributed by atoms with Gasteiger partial charge in [0.15, 0.2) is 8.32 Å². The Kier molecular flexibility index (Phi) is 4.75. The molecule has 14 heavy (non-hydrogen) atoms. The van der Waals surface area contributed by atoms with Crippen LogP contribution in [-0.2, 0) is 9.22 Å². The van der Waals surface area contributed by atoms with E-state index in [1.165, 1.54) is 0 Å². The molecule has 1 unspecified atom stereocenters. The van der Waals surface area contributed by atoms with Crippen LogP contribution in [0.4, 0.5) is 0 Å². The lowest BCUT2D eigenvalue weighted by Gasteiger charge is -2.37. The molecule has 1 atom stereocenters. The zero-order chi connectivity index (χ0) is 11.4. The molecule has 0 aromatic rings. The SMILES string of the molecule is C=CCC(C=O)O[Si](C)(C)C(C)(C)C. The minimum absolute atomic E-state index is 0.148. The molecule has 0 amide bonds. The molecule has 0 saturated carbocycles. The van der Waals surface area contributed by atoms with E-state index in [1.807, 2.05) is 0 Å². The van der Waals surface area contributed by atoms with Crippen LogP contribution in [0.3, 0.4) is 0 Å². The first-order valence-electron chi connectivity index (χ1n) is 4.98. The first-order chi connectivity index (χ1) is 6.24. The first-order valence-corrected chi connectivity index (χ1v) is 7.89. The molecule has 82 valence electrons. The maximum Gasteiger partial charge on any atom is 0.193 e. The Labute approximate surface area is 88.5 Å². The monoisotopic (exact) mass is 214 g/mol. The number of carbonyl (C=O) groups is 1. The van der Waals surface area contributed by atoms with E-state index in [0.717, 1.165) is 6.29 Å². The molecular formula is C11H22O2Si. The molecule has 0 aliphatic carbocycles. The largest absolute Gasteiger partial charge is 0.407 e. The van der Waals surface area contributed by atoms with Crippen LogP contribution in [0.15, 0.2) is 12.7 Å². The van der Waals surface area contributed by atoms with Gasteiger partial charge in [-0.05, 0) is 24.6 Å². The summed E-state index contributed by atoms with van der Waals surface area (Å²) in [6.07, 6.45) is 2.90. The number of rotatable bonds is 5. The van der Waals surface area contributed by atoms with Crippen LogP contribution in [0.25, 0.3) is 0 Å². The van der Waals surface area contributed by atoms with Gasteiger partial charge in [0.25, 0.3) is 0 Å². The van der Waals surface area contributed by atoms with Crippen molar-refractivity contribution >= 4 is 14.6 Å². The van der Waals surface area contributed by atoms with E-state index in [0.29, 0.717) is 6.42 Å². The highest BCUT2D eigenvalue weighted by Gasteiger charge is 2.38. The Bertz CT molecular complexity index is 204. The first kappa shape index (κ1) is 13.6. The quantitative estimate of drug-likeness (QED) is 0.399. The van der Waals surface area contributed by atoms with E-state index >= 15 is 0 Å². The molecule has 0 spiro atoms. The minimum Gasteiger partial charge on any atom is -0.407 e. The summed E-state index contributed by atoms with van der Waals surface area (Å²) < 4.78 is 5.89. The number of hydrogen-bond donors (Lipinski definition) is 0. The molecule has 0 bridgehead atoms. The smallest absolute Gasteiger partial charge is 0.193 e. The van der Waals surface area contributed by atoms with Crippen molar-refractivity contribution < 1.29 is 9.22 Å². The van der Waals surface area contributed by atoms with Crippen LogP contribution in [0.1, 0.15) is 27.2 Å². The maximum atomic E-state index is 10.7. The highest BCUT2D eigenvalue weighted by molar-refractivity contribution is 6.74. The predicted molar refractivity (Wildman–Crippen MR) is 62.9 cm³/mol. The Balaban J connectivity index is 4.46. The summed E-state index contributed by atoms with van der Waals surface area (Å²) >= 11 is 0. The van der Waals surface area contributed by atoms with Crippen LogP contribution < -0.4 is 0 Å². The zero-order valence-corrected chi connectivity index (χ0v) is 11.0. The fraction of sp³-hybridized carbons (Fsp3) is 0.727. The second kappa shape index (κ2) is 4.89. The number of aldehydes is 1. The van der Waals surface area contributed by atoms with E-state index < -0.39 is 8.32 Å². The van der Waals surface area contributed by atoms with E-state index in [4.69, 9.17) is 4.43 Å². The molecule has 2 nitrogen and oxygen atoms in total. The van der Waals surface area contributed by atoms with Crippen LogP contribution in [0.5, 0.6) is 0 Å². The van der Waals surface area contributed by atoms with Gasteiger partial charge in [0.05, 0.1) is 0 Å². The van der Waals surface area contributed by atoms with Gasteiger partial charge in [-0.1, -0.05) is 26.8 Å². The molecule has 0 N–H and O–H groups in total. The third kappa shape index (κ3) is 3.76. The van der Waals surface area contributed by atoms with E-state index in [9.17, 15) is 4.79 Å². The Morgan fingerprint density at radius 1 is 1.43 bits per heavy atom. The molecule has 0 fully saturated rings. The van der Waals surface area contributed by atoms with E-state index in [1.54, 1.807) is 6.08 Å². The molecule has 0 saturated heterocycles. The Morgan fingerprint density at radius 2 is 1.93 bits per heavy atom. The van der Waals surface area contributed by atoms with Gasteiger partial charge < -0.3 is 9.22 Å². The normalized spacial score (nSPS) is 14.9. The van der Waals surface area contributed by atoms with Gasteiger partial charge in [-0.25, -0.2) is 0 Å². The summed E-state index contributed by atoms with van der Waals surface area (Å²) in [5.74, 6) is 0. The van der Waals surface area contributed by atoms with Gasteiger partial charge in [0.2, 0.25) is 0 Å². The van der Waals surface area contributed by atoms with Gasteiger partial charge in [-0.15, -0.1) is 6.58 Å². The zero-order valence-electron chi connectivity index (χ0n) is 9.96. The van der Waals surface area contributed by atoms with Crippen LogP contribution in [-0.4, -0.2) is 20.7 Å². The predicted octanol–water partition coefficient (Wildman–Crippen LogP) is 3.15. The van der Waals surface area contributed by atoms with E-state index in [-0.39, 0.29) is 11.1 Å². The fourth-order valence-electron chi connectivity index (χ4n) is 0.851. The van der Waals surface area contributed by atoms with Crippen molar-refractivity contribution in [2.75, 3.05) is 0 Å². The molecule has 0 heterocycles. The molecular weight excluding hydrogens is 192 g/mol. The Hall–Kier alpha value is -0.413. The van der Waals surface area contributed by atoms with Gasteiger partial charge in [0.1, 0.15) is 12.4 Å². The van der Waals surface area contributed by atoms with Gasteiger partial charge in [0, 0.05) is 0 Å². The third-order valence-corrected chi connectivity index (χ3v) is 7.31. The summed E-state index contributed by atoms with van der Waals surface area (Å²) in [5, 5.41) is 0.148. The summed E-state index contributed by atoms with van der Waals surface area (Å²) in [4.78, 5) is 10.7. The summed E-state index contributed by atoms with van der Waals surface area (Å²) in [7, 11) is -1.81. The highest BCUT2D eigenvalue weighted by atomic mass is 28.4. The van der Waals surface area contributed by atoms with Crippen molar-refractivity contribution in [3.8, 4) is 0 Å². The molecule has 0 aromatic carbocycles. The van der Waals surface area contributed by atoms with Crippen molar-refractivity contribution in [3.05, 3.63) is 12.7 Å². The Morgan fingerprint density at radius 3 is 2.21 bits per heavy atom. The fourth-order valence-corrected chi connectivity index (χ4v) is 2.11. The van der Waals surface area contributed by atoms with Crippen LogP contribution in [0, 0.1) is 0 Å². The molecule has 0 rings (SSSR count). The van der Waals surface area contributed by atoms with Crippen molar-refractivity contribution in [3.63, 3.8) is 0 Å². The van der Waals surface area contributed by atoms with Crippen molar-refractivity contribution in [1.82, 2.24) is 0 Å². The number of carbonyl (C=O) groups excluding carboxylic acids is 1. The van der Waals surface area contributed by atoms with Crippen LogP contribution >= 0.6 is 0 Å². The average molecular weight is 214 g/mol. The average Bonchev–Trinajstić information content (AvgIpc) is 2.01. The number of hydrogen-bond acceptors (Lipinski definition) is 2. The van der Waals surface area contributed by atoms with Crippen molar-refractivity contribution in [1.29, 1.82) is 0 Å². The molecule has 0 radical (unpaired) electrons. The molecule has 0 aliphatic heterocycles. The lowest BCUT2D eigenvalue weighted by Crippen LogP contribution is -2.44. The minimum atomic E-state index is -1.81. The van der Waals surface area contributed by atoms with Gasteiger partial charge in [-0.3, -0.25) is 0 Å². The van der Waals surface area contributed by atoms with Crippen molar-refractivity contribution in [2.45, 2.75) is 51.4 Å². The van der Waals surface area contributed by atoms with Gasteiger partial charge >= 0.3 is 0 Å². The second-order valence-corrected chi connectivity index (χ2v) is 9.83. The summed E-state index contributed by atoms with van der Waals surface area (Å²) in [5.41, 5.74) is 0. The second-order valence-electron chi connectivity index (χ2n) is 5.08. The lowest BCUT2D eigenvalue weighted by molar-refractivity contribution is -0.114.